The summed E-state index contributed by atoms with van der Waals surface area (Å²) < 4.78 is 19.9. The smallest absolute Gasteiger partial charge is 0.123 e. The van der Waals surface area contributed by atoms with Gasteiger partial charge in [-0.2, -0.15) is 0 Å². The van der Waals surface area contributed by atoms with Crippen molar-refractivity contribution in [3.63, 3.8) is 0 Å². The first-order valence-electron chi connectivity index (χ1n) is 6.00. The van der Waals surface area contributed by atoms with Crippen LogP contribution in [0.5, 0.6) is 0 Å². The average molecular weight is 324 g/mol. The second-order valence-electron chi connectivity index (χ2n) is 4.22. The van der Waals surface area contributed by atoms with Crippen molar-refractivity contribution >= 4 is 15.9 Å². The van der Waals surface area contributed by atoms with E-state index in [0.717, 1.165) is 15.6 Å². The molecule has 0 saturated carbocycles. The molecule has 0 aliphatic heterocycles. The zero-order chi connectivity index (χ0) is 13.7. The summed E-state index contributed by atoms with van der Waals surface area (Å²) in [6.45, 7) is 0.759. The maximum atomic E-state index is 13.2. The van der Waals surface area contributed by atoms with Gasteiger partial charge in [0.05, 0.1) is 12.7 Å². The highest BCUT2D eigenvalue weighted by Gasteiger charge is 2.11. The van der Waals surface area contributed by atoms with Gasteiger partial charge in [0, 0.05) is 11.0 Å². The van der Waals surface area contributed by atoms with Crippen molar-refractivity contribution in [1.82, 2.24) is 0 Å². The molecule has 2 rings (SSSR count). The van der Waals surface area contributed by atoms with Crippen molar-refractivity contribution in [1.29, 1.82) is 0 Å². The Morgan fingerprint density at radius 3 is 2.63 bits per heavy atom. The van der Waals surface area contributed by atoms with Gasteiger partial charge in [0.25, 0.3) is 0 Å². The number of hydrogen-bond acceptors (Lipinski definition) is 2. The van der Waals surface area contributed by atoms with Crippen LogP contribution in [0.1, 0.15) is 17.2 Å². The van der Waals surface area contributed by atoms with Crippen molar-refractivity contribution in [2.24, 2.45) is 5.73 Å². The lowest BCUT2D eigenvalue weighted by Gasteiger charge is -2.16. The maximum absolute atomic E-state index is 13.2. The molecule has 2 nitrogen and oxygen atoms in total. The lowest BCUT2D eigenvalue weighted by Crippen LogP contribution is -2.16. The van der Waals surface area contributed by atoms with Gasteiger partial charge in [0.1, 0.15) is 5.82 Å². The summed E-state index contributed by atoms with van der Waals surface area (Å²) in [6.07, 6.45) is -0.297. The van der Waals surface area contributed by atoms with E-state index >= 15 is 0 Å². The van der Waals surface area contributed by atoms with Gasteiger partial charge < -0.3 is 10.5 Å². The van der Waals surface area contributed by atoms with Crippen LogP contribution in [0.25, 0.3) is 0 Å². The number of rotatable bonds is 5. The van der Waals surface area contributed by atoms with E-state index in [1.807, 2.05) is 30.3 Å². The number of benzene rings is 2. The van der Waals surface area contributed by atoms with Gasteiger partial charge in [-0.25, -0.2) is 4.39 Å². The molecular formula is C15H15BrFNO. The summed E-state index contributed by atoms with van der Waals surface area (Å²) in [5.41, 5.74) is 7.50. The first-order valence-corrected chi connectivity index (χ1v) is 6.80. The minimum Gasteiger partial charge on any atom is -0.368 e. The number of halogens is 2. The second kappa shape index (κ2) is 6.80. The van der Waals surface area contributed by atoms with Crippen molar-refractivity contribution in [2.75, 3.05) is 6.54 Å². The molecule has 0 aliphatic rings. The molecule has 0 aromatic heterocycles. The summed E-state index contributed by atoms with van der Waals surface area (Å²) in [5.74, 6) is -0.276. The Bertz CT molecular complexity index is 547. The first kappa shape index (κ1) is 14.2. The third kappa shape index (κ3) is 4.13. The van der Waals surface area contributed by atoms with Crippen LogP contribution in [0.2, 0.25) is 0 Å². The summed E-state index contributed by atoms with van der Waals surface area (Å²) in [7, 11) is 0. The van der Waals surface area contributed by atoms with Gasteiger partial charge in [-0.3, -0.25) is 0 Å². The quantitative estimate of drug-likeness (QED) is 0.908. The first-order chi connectivity index (χ1) is 9.19. The highest BCUT2D eigenvalue weighted by Crippen LogP contribution is 2.20. The molecule has 19 heavy (non-hydrogen) atoms. The van der Waals surface area contributed by atoms with Crippen LogP contribution < -0.4 is 5.73 Å². The molecule has 4 heteroatoms. The monoisotopic (exact) mass is 323 g/mol. The molecule has 0 spiro atoms. The molecule has 2 aromatic carbocycles. The Labute approximate surface area is 120 Å². The maximum Gasteiger partial charge on any atom is 0.123 e. The minimum atomic E-state index is -0.297. The molecular weight excluding hydrogens is 309 g/mol. The Morgan fingerprint density at radius 2 is 1.95 bits per heavy atom. The van der Waals surface area contributed by atoms with Gasteiger partial charge in [-0.1, -0.05) is 40.2 Å². The van der Waals surface area contributed by atoms with Crippen molar-refractivity contribution in [3.05, 3.63) is 69.9 Å². The van der Waals surface area contributed by atoms with E-state index in [0.29, 0.717) is 13.2 Å². The van der Waals surface area contributed by atoms with Crippen LogP contribution in [-0.4, -0.2) is 6.54 Å². The molecule has 0 radical (unpaired) electrons. The lowest BCUT2D eigenvalue weighted by atomic mass is 10.1. The van der Waals surface area contributed by atoms with Crippen molar-refractivity contribution in [2.45, 2.75) is 12.7 Å². The molecule has 0 saturated heterocycles. The predicted molar refractivity (Wildman–Crippen MR) is 77.1 cm³/mol. The van der Waals surface area contributed by atoms with Crippen LogP contribution in [0.15, 0.2) is 53.0 Å². The number of hydrogen-bond donors (Lipinski definition) is 1. The van der Waals surface area contributed by atoms with E-state index in [-0.39, 0.29) is 11.9 Å². The van der Waals surface area contributed by atoms with E-state index in [1.165, 1.54) is 12.1 Å². The fourth-order valence-electron chi connectivity index (χ4n) is 1.83. The fourth-order valence-corrected chi connectivity index (χ4v) is 2.28. The standard InChI is InChI=1S/C15H15BrFNO/c16-13-5-1-3-11(7-13)10-19-15(9-18)12-4-2-6-14(17)8-12/h1-8,15H,9-10,18H2. The normalized spacial score (nSPS) is 12.4. The Balaban J connectivity index is 2.04. The molecule has 100 valence electrons. The topological polar surface area (TPSA) is 35.2 Å². The molecule has 1 atom stereocenters. The predicted octanol–water partition coefficient (Wildman–Crippen LogP) is 3.80. The molecule has 0 heterocycles. The van der Waals surface area contributed by atoms with Crippen LogP contribution in [0, 0.1) is 5.82 Å². The van der Waals surface area contributed by atoms with Crippen molar-refractivity contribution < 1.29 is 9.13 Å². The molecule has 0 aliphatic carbocycles. The summed E-state index contributed by atoms with van der Waals surface area (Å²) in [6, 6.07) is 14.2. The minimum absolute atomic E-state index is 0.276. The van der Waals surface area contributed by atoms with Crippen LogP contribution in [0.4, 0.5) is 4.39 Å². The van der Waals surface area contributed by atoms with Gasteiger partial charge >= 0.3 is 0 Å². The van der Waals surface area contributed by atoms with Gasteiger partial charge in [0.2, 0.25) is 0 Å². The molecule has 0 fully saturated rings. The summed E-state index contributed by atoms with van der Waals surface area (Å²) >= 11 is 3.41. The summed E-state index contributed by atoms with van der Waals surface area (Å²) in [5, 5.41) is 0. The van der Waals surface area contributed by atoms with Gasteiger partial charge in [-0.15, -0.1) is 0 Å². The third-order valence-corrected chi connectivity index (χ3v) is 3.27. The van der Waals surface area contributed by atoms with Gasteiger partial charge in [0.15, 0.2) is 0 Å². The molecule has 2 N–H and O–H groups in total. The van der Waals surface area contributed by atoms with Gasteiger partial charge in [-0.05, 0) is 35.4 Å². The average Bonchev–Trinajstić information content (AvgIpc) is 2.40. The Kier molecular flexibility index (Phi) is 5.07. The van der Waals surface area contributed by atoms with Crippen LogP contribution >= 0.6 is 15.9 Å². The van der Waals surface area contributed by atoms with Crippen LogP contribution in [0.3, 0.4) is 0 Å². The zero-order valence-electron chi connectivity index (χ0n) is 10.4. The lowest BCUT2D eigenvalue weighted by molar-refractivity contribution is 0.0454. The van der Waals surface area contributed by atoms with E-state index in [2.05, 4.69) is 15.9 Å². The van der Waals surface area contributed by atoms with Crippen LogP contribution in [-0.2, 0) is 11.3 Å². The highest BCUT2D eigenvalue weighted by molar-refractivity contribution is 9.10. The SMILES string of the molecule is NCC(OCc1cccc(Br)c1)c1cccc(F)c1. The Hall–Kier alpha value is -1.23. The molecule has 0 bridgehead atoms. The summed E-state index contributed by atoms with van der Waals surface area (Å²) in [4.78, 5) is 0. The molecule has 0 amide bonds. The highest BCUT2D eigenvalue weighted by atomic mass is 79.9. The largest absolute Gasteiger partial charge is 0.368 e. The number of ether oxygens (including phenoxy) is 1. The fraction of sp³-hybridized carbons (Fsp3) is 0.200. The zero-order valence-corrected chi connectivity index (χ0v) is 11.9. The molecule has 2 aromatic rings. The van der Waals surface area contributed by atoms with E-state index in [4.69, 9.17) is 10.5 Å². The Morgan fingerprint density at radius 1 is 1.16 bits per heavy atom. The molecule has 1 unspecified atom stereocenters. The van der Waals surface area contributed by atoms with E-state index in [9.17, 15) is 4.39 Å². The third-order valence-electron chi connectivity index (χ3n) is 2.77. The second-order valence-corrected chi connectivity index (χ2v) is 5.14. The van der Waals surface area contributed by atoms with Crippen molar-refractivity contribution in [3.8, 4) is 0 Å². The van der Waals surface area contributed by atoms with E-state index < -0.39 is 0 Å². The van der Waals surface area contributed by atoms with E-state index in [1.54, 1.807) is 6.07 Å². The number of nitrogens with two attached hydrogens (primary N) is 1.